The van der Waals surface area contributed by atoms with Gasteiger partial charge in [0.2, 0.25) is 0 Å². The lowest BCUT2D eigenvalue weighted by atomic mass is 10.1. The Labute approximate surface area is 173 Å². The summed E-state index contributed by atoms with van der Waals surface area (Å²) in [5.74, 6) is -1.17. The number of anilines is 1. The van der Waals surface area contributed by atoms with Gasteiger partial charge in [0, 0.05) is 0 Å². The number of carbonyl (C=O) groups excluding carboxylic acids is 2. The Morgan fingerprint density at radius 3 is 2.14 bits per heavy atom. The first-order valence-corrected chi connectivity index (χ1v) is 10.8. The molecule has 0 aliphatic carbocycles. The van der Waals surface area contributed by atoms with Crippen LogP contribution < -0.4 is 5.73 Å². The van der Waals surface area contributed by atoms with Crippen LogP contribution in [0.2, 0.25) is 5.02 Å². The number of carbonyl (C=O) groups is 2. The van der Waals surface area contributed by atoms with Crippen molar-refractivity contribution < 1.29 is 19.1 Å². The SMILES string of the molecule is CCCCCCCCCCCCOC(=O)[C@H](C)OC(=O)c1ccc(Cl)c(N)c1. The molecular weight excluding hydrogens is 378 g/mol. The maximum atomic E-state index is 12.1. The maximum Gasteiger partial charge on any atom is 0.347 e. The summed E-state index contributed by atoms with van der Waals surface area (Å²) in [6, 6.07) is 4.44. The molecule has 1 aromatic rings. The van der Waals surface area contributed by atoms with Crippen LogP contribution in [0.5, 0.6) is 0 Å². The zero-order valence-electron chi connectivity index (χ0n) is 17.2. The Balaban J connectivity index is 2.11. The predicted molar refractivity (Wildman–Crippen MR) is 114 cm³/mol. The molecule has 158 valence electrons. The third-order valence-electron chi connectivity index (χ3n) is 4.59. The molecule has 1 aromatic carbocycles. The Bertz CT molecular complexity index is 606. The van der Waals surface area contributed by atoms with Crippen molar-refractivity contribution >= 4 is 29.2 Å². The van der Waals surface area contributed by atoms with Gasteiger partial charge in [-0.3, -0.25) is 0 Å². The fourth-order valence-electron chi connectivity index (χ4n) is 2.83. The van der Waals surface area contributed by atoms with E-state index in [1.54, 1.807) is 0 Å². The topological polar surface area (TPSA) is 78.6 Å². The molecule has 28 heavy (non-hydrogen) atoms. The van der Waals surface area contributed by atoms with Crippen LogP contribution in [0.3, 0.4) is 0 Å². The minimum absolute atomic E-state index is 0.247. The molecule has 0 radical (unpaired) electrons. The van der Waals surface area contributed by atoms with Crippen LogP contribution in [0.25, 0.3) is 0 Å². The molecule has 0 bridgehead atoms. The molecule has 0 aliphatic heterocycles. The van der Waals surface area contributed by atoms with E-state index in [4.69, 9.17) is 26.8 Å². The first-order chi connectivity index (χ1) is 13.5. The van der Waals surface area contributed by atoms with Gasteiger partial charge in [0.15, 0.2) is 6.10 Å². The van der Waals surface area contributed by atoms with Gasteiger partial charge in [0.05, 0.1) is 22.9 Å². The van der Waals surface area contributed by atoms with E-state index < -0.39 is 18.0 Å². The summed E-state index contributed by atoms with van der Waals surface area (Å²) in [6.07, 6.45) is 11.2. The minimum Gasteiger partial charge on any atom is -0.463 e. The number of ether oxygens (including phenoxy) is 2. The molecule has 0 aliphatic rings. The summed E-state index contributed by atoms with van der Waals surface area (Å²) in [6.45, 7) is 4.08. The van der Waals surface area contributed by atoms with Crippen LogP contribution in [0.4, 0.5) is 5.69 Å². The van der Waals surface area contributed by atoms with Crippen molar-refractivity contribution in [1.82, 2.24) is 0 Å². The Morgan fingerprint density at radius 2 is 1.57 bits per heavy atom. The molecule has 0 unspecified atom stereocenters. The molecule has 6 heteroatoms. The van der Waals surface area contributed by atoms with Gasteiger partial charge >= 0.3 is 11.9 Å². The fraction of sp³-hybridized carbons (Fsp3) is 0.636. The zero-order valence-corrected chi connectivity index (χ0v) is 17.9. The summed E-state index contributed by atoms with van der Waals surface area (Å²) in [7, 11) is 0. The molecule has 1 atom stereocenters. The van der Waals surface area contributed by atoms with Crippen LogP contribution in [0.15, 0.2) is 18.2 Å². The van der Waals surface area contributed by atoms with Gasteiger partial charge in [0.1, 0.15) is 0 Å². The highest BCUT2D eigenvalue weighted by atomic mass is 35.5. The van der Waals surface area contributed by atoms with Gasteiger partial charge < -0.3 is 15.2 Å². The number of hydrogen-bond acceptors (Lipinski definition) is 5. The van der Waals surface area contributed by atoms with Crippen molar-refractivity contribution in [3.05, 3.63) is 28.8 Å². The molecule has 1 rings (SSSR count). The second-order valence-corrected chi connectivity index (χ2v) is 7.54. The van der Waals surface area contributed by atoms with Gasteiger partial charge in [-0.1, -0.05) is 76.3 Å². The molecular formula is C22H34ClNO4. The third kappa shape index (κ3) is 9.98. The lowest BCUT2D eigenvalue weighted by Gasteiger charge is -2.13. The Morgan fingerprint density at radius 1 is 1.00 bits per heavy atom. The molecule has 0 heterocycles. The molecule has 0 fully saturated rings. The minimum atomic E-state index is -0.965. The van der Waals surface area contributed by atoms with E-state index in [-0.39, 0.29) is 11.3 Å². The lowest BCUT2D eigenvalue weighted by Crippen LogP contribution is -2.26. The quantitative estimate of drug-likeness (QED) is 0.233. The van der Waals surface area contributed by atoms with E-state index in [0.717, 1.165) is 19.3 Å². The molecule has 5 nitrogen and oxygen atoms in total. The van der Waals surface area contributed by atoms with E-state index in [1.807, 2.05) is 0 Å². The van der Waals surface area contributed by atoms with Crippen LogP contribution >= 0.6 is 11.6 Å². The Hall–Kier alpha value is -1.75. The summed E-state index contributed by atoms with van der Waals surface area (Å²) < 4.78 is 10.3. The normalized spacial score (nSPS) is 11.8. The van der Waals surface area contributed by atoms with Crippen LogP contribution in [0, 0.1) is 0 Å². The van der Waals surface area contributed by atoms with Crippen molar-refractivity contribution in [3.8, 4) is 0 Å². The number of benzene rings is 1. The highest BCUT2D eigenvalue weighted by molar-refractivity contribution is 6.33. The van der Waals surface area contributed by atoms with Crippen molar-refractivity contribution in [1.29, 1.82) is 0 Å². The summed E-state index contributed by atoms with van der Waals surface area (Å²) in [5.41, 5.74) is 6.20. The van der Waals surface area contributed by atoms with Crippen molar-refractivity contribution in [2.75, 3.05) is 12.3 Å². The van der Waals surface area contributed by atoms with Crippen molar-refractivity contribution in [2.24, 2.45) is 0 Å². The Kier molecular flexibility index (Phi) is 12.4. The van der Waals surface area contributed by atoms with E-state index in [9.17, 15) is 9.59 Å². The van der Waals surface area contributed by atoms with Crippen molar-refractivity contribution in [3.63, 3.8) is 0 Å². The van der Waals surface area contributed by atoms with Crippen LogP contribution in [0.1, 0.15) is 88.4 Å². The number of halogens is 1. The number of rotatable bonds is 14. The van der Waals surface area contributed by atoms with Gasteiger partial charge in [-0.2, -0.15) is 0 Å². The standard InChI is InChI=1S/C22H34ClNO4/c1-3-4-5-6-7-8-9-10-11-12-15-27-21(25)17(2)28-22(26)18-13-14-19(23)20(24)16-18/h13-14,16-17H,3-12,15,24H2,1-2H3/t17-/m0/s1. The van der Waals surface area contributed by atoms with Gasteiger partial charge in [0.25, 0.3) is 0 Å². The number of unbranched alkanes of at least 4 members (excludes halogenated alkanes) is 9. The molecule has 0 amide bonds. The summed E-state index contributed by atoms with van der Waals surface area (Å²) >= 11 is 5.83. The average molecular weight is 412 g/mol. The summed E-state index contributed by atoms with van der Waals surface area (Å²) in [5, 5.41) is 0.362. The van der Waals surface area contributed by atoms with Gasteiger partial charge in [-0.25, -0.2) is 9.59 Å². The van der Waals surface area contributed by atoms with E-state index >= 15 is 0 Å². The molecule has 2 N–H and O–H groups in total. The second kappa shape index (κ2) is 14.3. The van der Waals surface area contributed by atoms with Crippen LogP contribution in [-0.4, -0.2) is 24.6 Å². The number of nitrogens with two attached hydrogens (primary N) is 1. The summed E-state index contributed by atoms with van der Waals surface area (Å²) in [4.78, 5) is 24.0. The number of nitrogen functional groups attached to an aromatic ring is 1. The molecule has 0 aromatic heterocycles. The van der Waals surface area contributed by atoms with Gasteiger partial charge in [-0.05, 0) is 31.5 Å². The fourth-order valence-corrected chi connectivity index (χ4v) is 2.94. The number of hydrogen-bond donors (Lipinski definition) is 1. The first-order valence-electron chi connectivity index (χ1n) is 10.4. The first kappa shape index (κ1) is 24.3. The maximum absolute atomic E-state index is 12.1. The van der Waals surface area contributed by atoms with Gasteiger partial charge in [-0.15, -0.1) is 0 Å². The average Bonchev–Trinajstić information content (AvgIpc) is 2.67. The van der Waals surface area contributed by atoms with Crippen LogP contribution in [-0.2, 0) is 14.3 Å². The third-order valence-corrected chi connectivity index (χ3v) is 4.93. The second-order valence-electron chi connectivity index (χ2n) is 7.13. The highest BCUT2D eigenvalue weighted by Crippen LogP contribution is 2.20. The van der Waals surface area contributed by atoms with Crippen molar-refractivity contribution in [2.45, 2.75) is 84.2 Å². The monoisotopic (exact) mass is 411 g/mol. The van der Waals surface area contributed by atoms with E-state index in [2.05, 4.69) is 6.92 Å². The smallest absolute Gasteiger partial charge is 0.347 e. The zero-order chi connectivity index (χ0) is 20.8. The largest absolute Gasteiger partial charge is 0.463 e. The highest BCUT2D eigenvalue weighted by Gasteiger charge is 2.20. The van der Waals surface area contributed by atoms with E-state index in [1.165, 1.54) is 70.1 Å². The molecule has 0 saturated heterocycles. The molecule has 0 spiro atoms. The predicted octanol–water partition coefficient (Wildman–Crippen LogP) is 5.93. The molecule has 0 saturated carbocycles. The van der Waals surface area contributed by atoms with E-state index in [0.29, 0.717) is 11.6 Å². The number of esters is 2. The lowest BCUT2D eigenvalue weighted by molar-refractivity contribution is -0.153.